The molecule has 1 rings (SSSR count). The van der Waals surface area contributed by atoms with Crippen LogP contribution in [-0.2, 0) is 4.79 Å². The van der Waals surface area contributed by atoms with E-state index in [4.69, 9.17) is 0 Å². The Morgan fingerprint density at radius 1 is 0.818 bits per heavy atom. The Kier molecular flexibility index (Phi) is 12.5. The predicted octanol–water partition coefficient (Wildman–Crippen LogP) is 5.99. The molecule has 1 atom stereocenters. The van der Waals surface area contributed by atoms with Gasteiger partial charge in [0.2, 0.25) is 5.91 Å². The van der Waals surface area contributed by atoms with Crippen molar-refractivity contribution in [3.8, 4) is 0 Å². The average molecular weight is 310 g/mol. The van der Waals surface area contributed by atoms with Crippen molar-refractivity contribution in [1.82, 2.24) is 5.32 Å². The smallest absolute Gasteiger partial charge is 0.223 e. The van der Waals surface area contributed by atoms with Crippen LogP contribution < -0.4 is 5.32 Å². The Bertz CT molecular complexity index is 264. The van der Waals surface area contributed by atoms with E-state index >= 15 is 0 Å². The molecule has 1 unspecified atom stereocenters. The summed E-state index contributed by atoms with van der Waals surface area (Å²) in [4.78, 5) is 12.1. The van der Waals surface area contributed by atoms with Gasteiger partial charge in [-0.2, -0.15) is 0 Å². The van der Waals surface area contributed by atoms with Crippen molar-refractivity contribution in [1.29, 1.82) is 0 Å². The van der Waals surface area contributed by atoms with Gasteiger partial charge in [0.05, 0.1) is 0 Å². The topological polar surface area (TPSA) is 29.1 Å². The first-order chi connectivity index (χ1) is 10.8. The lowest BCUT2D eigenvalue weighted by Gasteiger charge is -2.15. The zero-order valence-electron chi connectivity index (χ0n) is 15.0. The molecular weight excluding hydrogens is 270 g/mol. The van der Waals surface area contributed by atoms with Gasteiger partial charge in [0.25, 0.3) is 0 Å². The molecule has 1 fully saturated rings. The first-order valence-corrected chi connectivity index (χ1v) is 10.1. The standard InChI is InChI=1S/C20H39NO/c1-2-3-4-5-6-7-8-9-10-13-16-19-17-14-11-12-15-18-21-20(19)22/h19H,2-18H2,1H3,(H,21,22). The number of hydrogen-bond donors (Lipinski definition) is 1. The SMILES string of the molecule is CCCCCCCCCCCCC1CCCCCCNC1=O. The van der Waals surface area contributed by atoms with Crippen molar-refractivity contribution in [2.45, 2.75) is 110 Å². The molecule has 2 nitrogen and oxygen atoms in total. The molecule has 1 heterocycles. The predicted molar refractivity (Wildman–Crippen MR) is 96.0 cm³/mol. The number of carbonyl (C=O) groups is 1. The van der Waals surface area contributed by atoms with Gasteiger partial charge in [-0.25, -0.2) is 0 Å². The minimum atomic E-state index is 0.298. The molecule has 130 valence electrons. The van der Waals surface area contributed by atoms with Crippen LogP contribution in [0.15, 0.2) is 0 Å². The molecule has 0 aliphatic carbocycles. The monoisotopic (exact) mass is 309 g/mol. The molecule has 2 heteroatoms. The number of rotatable bonds is 11. The maximum atomic E-state index is 12.1. The second-order valence-corrected chi connectivity index (χ2v) is 7.16. The van der Waals surface area contributed by atoms with E-state index in [-0.39, 0.29) is 0 Å². The highest BCUT2D eigenvalue weighted by atomic mass is 16.1. The lowest BCUT2D eigenvalue weighted by molar-refractivity contribution is -0.125. The zero-order chi connectivity index (χ0) is 15.9. The highest BCUT2D eigenvalue weighted by Gasteiger charge is 2.18. The van der Waals surface area contributed by atoms with E-state index in [0.717, 1.165) is 25.8 Å². The second kappa shape index (κ2) is 14.1. The summed E-state index contributed by atoms with van der Waals surface area (Å²) in [6.45, 7) is 3.17. The van der Waals surface area contributed by atoms with Crippen LogP contribution in [0.3, 0.4) is 0 Å². The third kappa shape index (κ3) is 10.2. The molecule has 1 saturated heterocycles. The molecule has 1 amide bonds. The van der Waals surface area contributed by atoms with Crippen LogP contribution in [0.1, 0.15) is 110 Å². The minimum Gasteiger partial charge on any atom is -0.356 e. The van der Waals surface area contributed by atoms with Gasteiger partial charge in [0.1, 0.15) is 0 Å². The number of carbonyl (C=O) groups excluding carboxylic acids is 1. The van der Waals surface area contributed by atoms with Gasteiger partial charge in [-0.05, 0) is 19.3 Å². The Morgan fingerprint density at radius 3 is 2.09 bits per heavy atom. The lowest BCUT2D eigenvalue weighted by Crippen LogP contribution is -2.30. The van der Waals surface area contributed by atoms with Crippen LogP contribution in [0.4, 0.5) is 0 Å². The highest BCUT2D eigenvalue weighted by molar-refractivity contribution is 5.78. The lowest BCUT2D eigenvalue weighted by atomic mass is 9.94. The van der Waals surface area contributed by atoms with E-state index in [1.165, 1.54) is 83.5 Å². The van der Waals surface area contributed by atoms with Crippen molar-refractivity contribution in [2.75, 3.05) is 6.54 Å². The molecule has 22 heavy (non-hydrogen) atoms. The van der Waals surface area contributed by atoms with E-state index in [1.54, 1.807) is 0 Å². The fourth-order valence-electron chi connectivity index (χ4n) is 3.51. The largest absolute Gasteiger partial charge is 0.356 e. The Balaban J connectivity index is 1.96. The molecule has 0 radical (unpaired) electrons. The average Bonchev–Trinajstić information content (AvgIpc) is 2.62. The van der Waals surface area contributed by atoms with Gasteiger partial charge in [0, 0.05) is 12.5 Å². The number of hydrogen-bond acceptors (Lipinski definition) is 1. The van der Waals surface area contributed by atoms with Gasteiger partial charge in [-0.15, -0.1) is 0 Å². The summed E-state index contributed by atoms with van der Waals surface area (Å²) in [7, 11) is 0. The highest BCUT2D eigenvalue weighted by Crippen LogP contribution is 2.20. The van der Waals surface area contributed by atoms with Gasteiger partial charge in [0.15, 0.2) is 0 Å². The van der Waals surface area contributed by atoms with Gasteiger partial charge < -0.3 is 5.32 Å². The summed E-state index contributed by atoms with van der Waals surface area (Å²) in [5, 5.41) is 3.12. The molecule has 0 bridgehead atoms. The summed E-state index contributed by atoms with van der Waals surface area (Å²) in [5.74, 6) is 0.630. The van der Waals surface area contributed by atoms with Crippen LogP contribution in [-0.4, -0.2) is 12.5 Å². The molecule has 0 saturated carbocycles. The van der Waals surface area contributed by atoms with Crippen LogP contribution in [0.2, 0.25) is 0 Å². The molecule has 0 spiro atoms. The molecule has 0 aromatic rings. The maximum Gasteiger partial charge on any atom is 0.223 e. The molecule has 1 aliphatic rings. The van der Waals surface area contributed by atoms with Crippen LogP contribution in [0, 0.1) is 5.92 Å². The number of amides is 1. The quantitative estimate of drug-likeness (QED) is 0.466. The summed E-state index contributed by atoms with van der Waals surface area (Å²) < 4.78 is 0. The van der Waals surface area contributed by atoms with Crippen molar-refractivity contribution >= 4 is 5.91 Å². The Morgan fingerprint density at radius 2 is 1.41 bits per heavy atom. The fourth-order valence-corrected chi connectivity index (χ4v) is 3.51. The molecule has 0 aromatic heterocycles. The van der Waals surface area contributed by atoms with E-state index in [2.05, 4.69) is 12.2 Å². The molecule has 1 N–H and O–H groups in total. The Labute approximate surface area is 138 Å². The van der Waals surface area contributed by atoms with E-state index < -0.39 is 0 Å². The fraction of sp³-hybridized carbons (Fsp3) is 0.950. The van der Waals surface area contributed by atoms with Gasteiger partial charge in [-0.3, -0.25) is 4.79 Å². The molecular formula is C20H39NO. The Hall–Kier alpha value is -0.530. The summed E-state index contributed by atoms with van der Waals surface area (Å²) in [5.41, 5.74) is 0. The number of unbranched alkanes of at least 4 members (excludes halogenated alkanes) is 9. The van der Waals surface area contributed by atoms with Gasteiger partial charge in [-0.1, -0.05) is 90.4 Å². The summed E-state index contributed by atoms with van der Waals surface area (Å²) >= 11 is 0. The third-order valence-corrected chi connectivity index (χ3v) is 5.06. The first kappa shape index (κ1) is 19.5. The van der Waals surface area contributed by atoms with Crippen LogP contribution in [0.5, 0.6) is 0 Å². The molecule has 1 aliphatic heterocycles. The van der Waals surface area contributed by atoms with E-state index in [1.807, 2.05) is 0 Å². The number of nitrogens with one attached hydrogen (secondary N) is 1. The van der Waals surface area contributed by atoms with Crippen molar-refractivity contribution in [3.63, 3.8) is 0 Å². The first-order valence-electron chi connectivity index (χ1n) is 10.1. The van der Waals surface area contributed by atoms with Gasteiger partial charge >= 0.3 is 0 Å². The summed E-state index contributed by atoms with van der Waals surface area (Å²) in [6.07, 6.45) is 21.0. The van der Waals surface area contributed by atoms with Crippen LogP contribution >= 0.6 is 0 Å². The normalized spacial score (nSPS) is 20.0. The van der Waals surface area contributed by atoms with Crippen molar-refractivity contribution in [2.24, 2.45) is 5.92 Å². The minimum absolute atomic E-state index is 0.298. The van der Waals surface area contributed by atoms with Crippen molar-refractivity contribution < 1.29 is 4.79 Å². The maximum absolute atomic E-state index is 12.1. The van der Waals surface area contributed by atoms with Crippen molar-refractivity contribution in [3.05, 3.63) is 0 Å². The van der Waals surface area contributed by atoms with Crippen LogP contribution in [0.25, 0.3) is 0 Å². The summed E-state index contributed by atoms with van der Waals surface area (Å²) in [6, 6.07) is 0. The van der Waals surface area contributed by atoms with E-state index in [0.29, 0.717) is 11.8 Å². The second-order valence-electron chi connectivity index (χ2n) is 7.16. The third-order valence-electron chi connectivity index (χ3n) is 5.06. The zero-order valence-corrected chi connectivity index (χ0v) is 15.0. The van der Waals surface area contributed by atoms with E-state index in [9.17, 15) is 4.79 Å². The molecule has 0 aromatic carbocycles.